The van der Waals surface area contributed by atoms with E-state index in [1.807, 2.05) is 16.5 Å². The van der Waals surface area contributed by atoms with Crippen molar-refractivity contribution in [3.05, 3.63) is 11.6 Å². The van der Waals surface area contributed by atoms with Crippen molar-refractivity contribution in [3.63, 3.8) is 0 Å². The fraction of sp³-hybridized carbons (Fsp3) is 0.692. The predicted octanol–water partition coefficient (Wildman–Crippen LogP) is 1.01. The lowest BCUT2D eigenvalue weighted by Crippen LogP contribution is -2.52. The number of aromatic nitrogens is 1. The molecule has 2 fully saturated rings. The van der Waals surface area contributed by atoms with Crippen LogP contribution in [0, 0.1) is 5.92 Å². The summed E-state index contributed by atoms with van der Waals surface area (Å²) >= 11 is 1.65. The number of hydrogen-bond donors (Lipinski definition) is 1. The lowest BCUT2D eigenvalue weighted by molar-refractivity contribution is 0.179. The maximum Gasteiger partial charge on any atom is 0.317 e. The standard InChI is InChI=1S/C13H20N4O2S/c18-12(15-9-11-1-7-19-10-11)16-3-5-17(6-4-16)13-14-2-8-20-13/h2,8,11H,1,3-7,9-10H2,(H,15,18)/t11-/m0/s1. The SMILES string of the molecule is O=C(NC[C@@H]1CCOC1)N1CCN(c2nccs2)CC1. The fourth-order valence-corrected chi connectivity index (χ4v) is 3.26. The first-order valence-electron chi connectivity index (χ1n) is 7.08. The van der Waals surface area contributed by atoms with Gasteiger partial charge in [0.05, 0.1) is 6.61 Å². The Labute approximate surface area is 122 Å². The van der Waals surface area contributed by atoms with Gasteiger partial charge in [-0.2, -0.15) is 0 Å². The molecule has 0 radical (unpaired) electrons. The molecule has 1 atom stereocenters. The van der Waals surface area contributed by atoms with E-state index in [2.05, 4.69) is 15.2 Å². The lowest BCUT2D eigenvalue weighted by Gasteiger charge is -2.34. The first kappa shape index (κ1) is 13.6. The average Bonchev–Trinajstić information content (AvgIpc) is 3.18. The Hall–Kier alpha value is -1.34. The highest BCUT2D eigenvalue weighted by Crippen LogP contribution is 2.19. The number of ether oxygens (including phenoxy) is 1. The lowest BCUT2D eigenvalue weighted by atomic mass is 10.1. The molecule has 2 aliphatic heterocycles. The van der Waals surface area contributed by atoms with Crippen LogP contribution in [-0.4, -0.2) is 61.9 Å². The van der Waals surface area contributed by atoms with Crippen molar-refractivity contribution < 1.29 is 9.53 Å². The molecule has 7 heteroatoms. The number of rotatable bonds is 3. The minimum Gasteiger partial charge on any atom is -0.381 e. The van der Waals surface area contributed by atoms with E-state index in [9.17, 15) is 4.79 Å². The summed E-state index contributed by atoms with van der Waals surface area (Å²) in [4.78, 5) is 20.5. The van der Waals surface area contributed by atoms with Gasteiger partial charge in [-0.15, -0.1) is 11.3 Å². The van der Waals surface area contributed by atoms with Gasteiger partial charge in [0.2, 0.25) is 0 Å². The highest BCUT2D eigenvalue weighted by atomic mass is 32.1. The zero-order valence-corrected chi connectivity index (χ0v) is 12.3. The molecule has 1 aromatic heterocycles. The van der Waals surface area contributed by atoms with E-state index in [-0.39, 0.29) is 6.03 Å². The van der Waals surface area contributed by atoms with Gasteiger partial charge in [-0.1, -0.05) is 0 Å². The van der Waals surface area contributed by atoms with E-state index >= 15 is 0 Å². The molecule has 3 rings (SSSR count). The Morgan fingerprint density at radius 1 is 1.45 bits per heavy atom. The van der Waals surface area contributed by atoms with Gasteiger partial charge in [-0.05, 0) is 6.42 Å². The van der Waals surface area contributed by atoms with E-state index in [1.165, 1.54) is 0 Å². The maximum atomic E-state index is 12.1. The zero-order valence-electron chi connectivity index (χ0n) is 11.5. The number of nitrogens with one attached hydrogen (secondary N) is 1. The first-order valence-corrected chi connectivity index (χ1v) is 7.96. The van der Waals surface area contributed by atoms with Gasteiger partial charge in [0.25, 0.3) is 0 Å². The Balaban J connectivity index is 1.42. The molecule has 1 aromatic rings. The summed E-state index contributed by atoms with van der Waals surface area (Å²) < 4.78 is 5.31. The summed E-state index contributed by atoms with van der Waals surface area (Å²) in [6.07, 6.45) is 2.88. The predicted molar refractivity (Wildman–Crippen MR) is 78.2 cm³/mol. The number of urea groups is 1. The number of carbonyl (C=O) groups excluding carboxylic acids is 1. The molecule has 0 bridgehead atoms. The van der Waals surface area contributed by atoms with Crippen molar-refractivity contribution in [2.75, 3.05) is 50.8 Å². The Morgan fingerprint density at radius 2 is 2.30 bits per heavy atom. The van der Waals surface area contributed by atoms with Crippen molar-refractivity contribution in [1.82, 2.24) is 15.2 Å². The molecule has 6 nitrogen and oxygen atoms in total. The number of piperazine rings is 1. The van der Waals surface area contributed by atoms with Gasteiger partial charge in [0, 0.05) is 56.8 Å². The van der Waals surface area contributed by atoms with Crippen molar-refractivity contribution in [3.8, 4) is 0 Å². The van der Waals surface area contributed by atoms with Gasteiger partial charge >= 0.3 is 6.03 Å². The van der Waals surface area contributed by atoms with Gasteiger partial charge < -0.3 is 19.9 Å². The molecule has 0 spiro atoms. The Bertz CT molecular complexity index is 426. The topological polar surface area (TPSA) is 57.7 Å². The third kappa shape index (κ3) is 3.21. The van der Waals surface area contributed by atoms with Crippen LogP contribution in [0.5, 0.6) is 0 Å². The van der Waals surface area contributed by atoms with Crippen molar-refractivity contribution in [2.45, 2.75) is 6.42 Å². The third-order valence-corrected chi connectivity index (χ3v) is 4.65. The second kappa shape index (κ2) is 6.41. The highest BCUT2D eigenvalue weighted by Gasteiger charge is 2.23. The van der Waals surface area contributed by atoms with E-state index in [0.29, 0.717) is 5.92 Å². The van der Waals surface area contributed by atoms with Crippen LogP contribution in [-0.2, 0) is 4.74 Å². The van der Waals surface area contributed by atoms with Gasteiger partial charge in [0.1, 0.15) is 0 Å². The van der Waals surface area contributed by atoms with Crippen LogP contribution >= 0.6 is 11.3 Å². The largest absolute Gasteiger partial charge is 0.381 e. The monoisotopic (exact) mass is 296 g/mol. The third-order valence-electron chi connectivity index (χ3n) is 3.82. The molecule has 0 saturated carbocycles. The van der Waals surface area contributed by atoms with E-state index < -0.39 is 0 Å². The molecular formula is C13H20N4O2S. The van der Waals surface area contributed by atoms with Gasteiger partial charge in [-0.3, -0.25) is 0 Å². The molecule has 2 saturated heterocycles. The van der Waals surface area contributed by atoms with Crippen LogP contribution in [0.15, 0.2) is 11.6 Å². The van der Waals surface area contributed by atoms with Crippen molar-refractivity contribution in [1.29, 1.82) is 0 Å². The molecule has 0 unspecified atom stereocenters. The Morgan fingerprint density at radius 3 is 2.95 bits per heavy atom. The number of amides is 2. The molecule has 2 aliphatic rings. The molecular weight excluding hydrogens is 276 g/mol. The van der Waals surface area contributed by atoms with Crippen LogP contribution in [0.2, 0.25) is 0 Å². The first-order chi connectivity index (χ1) is 9.83. The van der Waals surface area contributed by atoms with Crippen LogP contribution in [0.1, 0.15) is 6.42 Å². The number of anilines is 1. The van der Waals surface area contributed by atoms with Gasteiger partial charge in [-0.25, -0.2) is 9.78 Å². The molecule has 3 heterocycles. The minimum atomic E-state index is 0.0516. The van der Waals surface area contributed by atoms with E-state index in [4.69, 9.17) is 4.74 Å². The fourth-order valence-electron chi connectivity index (χ4n) is 2.56. The second-order valence-electron chi connectivity index (χ2n) is 5.20. The molecule has 2 amide bonds. The van der Waals surface area contributed by atoms with Crippen LogP contribution in [0.4, 0.5) is 9.93 Å². The van der Waals surface area contributed by atoms with Crippen LogP contribution in [0.3, 0.4) is 0 Å². The molecule has 1 N–H and O–H groups in total. The van der Waals surface area contributed by atoms with Crippen LogP contribution in [0.25, 0.3) is 0 Å². The van der Waals surface area contributed by atoms with E-state index in [0.717, 1.165) is 57.5 Å². The zero-order chi connectivity index (χ0) is 13.8. The number of hydrogen-bond acceptors (Lipinski definition) is 5. The summed E-state index contributed by atoms with van der Waals surface area (Å²) in [5.74, 6) is 0.482. The minimum absolute atomic E-state index is 0.0516. The summed E-state index contributed by atoms with van der Waals surface area (Å²) in [6.45, 7) is 5.55. The Kier molecular flexibility index (Phi) is 4.37. The molecule has 110 valence electrons. The van der Waals surface area contributed by atoms with Crippen molar-refractivity contribution >= 4 is 22.5 Å². The smallest absolute Gasteiger partial charge is 0.317 e. The van der Waals surface area contributed by atoms with E-state index in [1.54, 1.807) is 11.3 Å². The summed E-state index contributed by atoms with van der Waals surface area (Å²) in [5, 5.41) is 6.05. The molecule has 0 aliphatic carbocycles. The number of carbonyl (C=O) groups is 1. The summed E-state index contributed by atoms with van der Waals surface area (Å²) in [6, 6.07) is 0.0516. The summed E-state index contributed by atoms with van der Waals surface area (Å²) in [5.41, 5.74) is 0. The molecule has 0 aromatic carbocycles. The van der Waals surface area contributed by atoms with Crippen LogP contribution < -0.4 is 10.2 Å². The molecule has 20 heavy (non-hydrogen) atoms. The second-order valence-corrected chi connectivity index (χ2v) is 6.08. The normalized spacial score (nSPS) is 23.1. The maximum absolute atomic E-state index is 12.1. The quantitative estimate of drug-likeness (QED) is 0.904. The number of thiazole rings is 1. The van der Waals surface area contributed by atoms with Crippen molar-refractivity contribution in [2.24, 2.45) is 5.92 Å². The highest BCUT2D eigenvalue weighted by molar-refractivity contribution is 7.13. The number of nitrogens with zero attached hydrogens (tertiary/aromatic N) is 3. The summed E-state index contributed by atoms with van der Waals surface area (Å²) in [7, 11) is 0. The average molecular weight is 296 g/mol. The van der Waals surface area contributed by atoms with Gasteiger partial charge in [0.15, 0.2) is 5.13 Å².